The van der Waals surface area contributed by atoms with E-state index in [0.29, 0.717) is 19.6 Å². The van der Waals surface area contributed by atoms with Crippen molar-refractivity contribution in [3.63, 3.8) is 0 Å². The van der Waals surface area contributed by atoms with Crippen molar-refractivity contribution in [2.24, 2.45) is 0 Å². The maximum atomic E-state index is 13.4. The van der Waals surface area contributed by atoms with Crippen molar-refractivity contribution in [1.29, 1.82) is 0 Å². The number of hydrogen-bond donors (Lipinski definition) is 2. The number of nitrogens with one attached hydrogen (secondary N) is 1. The van der Waals surface area contributed by atoms with Gasteiger partial charge in [-0.25, -0.2) is 13.2 Å². The van der Waals surface area contributed by atoms with Gasteiger partial charge in [-0.3, -0.25) is 9.69 Å². The number of likely N-dealkylation sites (N-methyl/N-ethyl adjacent to an activating group) is 1. The highest BCUT2D eigenvalue weighted by atomic mass is 79.9. The number of halogens is 4. The Bertz CT molecular complexity index is 957. The van der Waals surface area contributed by atoms with Crippen molar-refractivity contribution in [2.45, 2.75) is 36.9 Å². The molecule has 9 nitrogen and oxygen atoms in total. The van der Waals surface area contributed by atoms with Crippen LogP contribution in [0.25, 0.3) is 0 Å². The van der Waals surface area contributed by atoms with Crippen LogP contribution in [0.3, 0.4) is 0 Å². The van der Waals surface area contributed by atoms with E-state index in [9.17, 15) is 26.4 Å². The summed E-state index contributed by atoms with van der Waals surface area (Å²) in [7, 11) is -3.75. The average molecular weight is 587 g/mol. The third-order valence-electron chi connectivity index (χ3n) is 5.79. The van der Waals surface area contributed by atoms with Crippen LogP contribution in [0.5, 0.6) is 0 Å². The number of carboxylic acid groups (broad SMARTS) is 1. The SMILES string of the molecule is CCN1CCCC1CN(CC(=O)N1CCNCC1)S(=O)(=O)c1ccc(Br)cc1.O=C(O)C(F)(F)F. The molecule has 1 amide bonds. The Morgan fingerprint density at radius 3 is 2.26 bits per heavy atom. The van der Waals surface area contributed by atoms with Crippen molar-refractivity contribution in [2.75, 3.05) is 52.4 Å². The topological polar surface area (TPSA) is 110 Å². The molecule has 2 aliphatic heterocycles. The first-order valence-electron chi connectivity index (χ1n) is 11.1. The number of carbonyl (C=O) groups excluding carboxylic acids is 1. The minimum atomic E-state index is -5.08. The van der Waals surface area contributed by atoms with E-state index in [1.807, 2.05) is 0 Å². The number of nitrogens with zero attached hydrogens (tertiary/aromatic N) is 3. The highest BCUT2D eigenvalue weighted by molar-refractivity contribution is 9.10. The molecule has 1 atom stereocenters. The molecule has 1 aromatic rings. The van der Waals surface area contributed by atoms with Gasteiger partial charge in [-0.1, -0.05) is 22.9 Å². The van der Waals surface area contributed by atoms with Gasteiger partial charge in [0.05, 0.1) is 11.4 Å². The molecule has 2 aliphatic rings. The van der Waals surface area contributed by atoms with Crippen molar-refractivity contribution < 1.29 is 36.3 Å². The monoisotopic (exact) mass is 586 g/mol. The predicted molar refractivity (Wildman–Crippen MR) is 126 cm³/mol. The minimum absolute atomic E-state index is 0.105. The number of sulfonamides is 1. The number of likely N-dealkylation sites (tertiary alicyclic amines) is 1. The molecule has 0 saturated carbocycles. The Kier molecular flexibility index (Phi) is 10.9. The van der Waals surface area contributed by atoms with Crippen LogP contribution in [0.4, 0.5) is 13.2 Å². The van der Waals surface area contributed by atoms with Crippen LogP contribution >= 0.6 is 15.9 Å². The molecule has 1 aromatic carbocycles. The van der Waals surface area contributed by atoms with Crippen molar-refractivity contribution in [1.82, 2.24) is 19.4 Å². The van der Waals surface area contributed by atoms with E-state index in [-0.39, 0.29) is 23.4 Å². The summed E-state index contributed by atoms with van der Waals surface area (Å²) in [6.45, 7) is 6.95. The lowest BCUT2D eigenvalue weighted by Gasteiger charge is -2.32. The molecule has 2 saturated heterocycles. The Hall–Kier alpha value is -1.74. The smallest absolute Gasteiger partial charge is 0.475 e. The summed E-state index contributed by atoms with van der Waals surface area (Å²) < 4.78 is 60.7. The van der Waals surface area contributed by atoms with Gasteiger partial charge in [0.25, 0.3) is 0 Å². The number of carboxylic acids is 1. The Morgan fingerprint density at radius 1 is 1.17 bits per heavy atom. The average Bonchev–Trinajstić information content (AvgIpc) is 3.26. The first kappa shape index (κ1) is 29.5. The molecule has 2 heterocycles. The first-order valence-corrected chi connectivity index (χ1v) is 13.4. The molecular weight excluding hydrogens is 557 g/mol. The number of alkyl halides is 3. The fraction of sp³-hybridized carbons (Fsp3) is 0.619. The molecule has 0 bridgehead atoms. The van der Waals surface area contributed by atoms with Crippen LogP contribution in [-0.4, -0.2) is 104 Å². The van der Waals surface area contributed by atoms with Crippen LogP contribution in [0.1, 0.15) is 19.8 Å². The van der Waals surface area contributed by atoms with Gasteiger partial charge in [0.2, 0.25) is 15.9 Å². The summed E-state index contributed by atoms with van der Waals surface area (Å²) in [5.74, 6) is -2.88. The van der Waals surface area contributed by atoms with E-state index in [1.54, 1.807) is 29.2 Å². The molecule has 0 aliphatic carbocycles. The second-order valence-corrected chi connectivity index (χ2v) is 11.0. The van der Waals surface area contributed by atoms with Crippen molar-refractivity contribution in [3.8, 4) is 0 Å². The number of hydrogen-bond acceptors (Lipinski definition) is 6. The van der Waals surface area contributed by atoms with Gasteiger partial charge in [0.15, 0.2) is 0 Å². The lowest BCUT2D eigenvalue weighted by atomic mass is 10.2. The van der Waals surface area contributed by atoms with Crippen LogP contribution in [0.2, 0.25) is 0 Å². The summed E-state index contributed by atoms with van der Waals surface area (Å²) in [6, 6.07) is 6.78. The quantitative estimate of drug-likeness (QED) is 0.502. The fourth-order valence-electron chi connectivity index (χ4n) is 3.92. The van der Waals surface area contributed by atoms with Gasteiger partial charge >= 0.3 is 12.1 Å². The first-order chi connectivity index (χ1) is 16.4. The molecule has 198 valence electrons. The predicted octanol–water partition coefficient (Wildman–Crippen LogP) is 1.99. The summed E-state index contributed by atoms with van der Waals surface area (Å²) in [5, 5.41) is 10.3. The third-order valence-corrected chi connectivity index (χ3v) is 8.15. The molecule has 35 heavy (non-hydrogen) atoms. The molecular formula is C21H30BrF3N4O5S. The van der Waals surface area contributed by atoms with Gasteiger partial charge in [-0.05, 0) is 50.2 Å². The zero-order valence-electron chi connectivity index (χ0n) is 19.3. The zero-order valence-corrected chi connectivity index (χ0v) is 21.7. The van der Waals surface area contributed by atoms with Crippen LogP contribution in [0.15, 0.2) is 33.6 Å². The number of amides is 1. The van der Waals surface area contributed by atoms with Crippen molar-refractivity contribution in [3.05, 3.63) is 28.7 Å². The molecule has 14 heteroatoms. The van der Waals surface area contributed by atoms with Crippen molar-refractivity contribution >= 4 is 37.8 Å². The van der Waals surface area contributed by atoms with E-state index in [1.165, 1.54) is 4.31 Å². The zero-order chi connectivity index (χ0) is 26.2. The van der Waals surface area contributed by atoms with E-state index >= 15 is 0 Å². The van der Waals surface area contributed by atoms with Gasteiger partial charge in [0.1, 0.15) is 0 Å². The normalized spacial score (nSPS) is 19.4. The second-order valence-electron chi connectivity index (χ2n) is 8.11. The fourth-order valence-corrected chi connectivity index (χ4v) is 5.61. The molecule has 0 radical (unpaired) electrons. The molecule has 0 spiro atoms. The number of rotatable bonds is 7. The largest absolute Gasteiger partial charge is 0.490 e. The Morgan fingerprint density at radius 2 is 1.74 bits per heavy atom. The Labute approximate surface area is 211 Å². The summed E-state index contributed by atoms with van der Waals surface area (Å²) in [4.78, 5) is 26.0. The lowest BCUT2D eigenvalue weighted by Crippen LogP contribution is -2.52. The minimum Gasteiger partial charge on any atom is -0.475 e. The summed E-state index contributed by atoms with van der Waals surface area (Å²) >= 11 is 3.35. The molecule has 2 fully saturated rings. The van der Waals surface area contributed by atoms with Gasteiger partial charge in [-0.15, -0.1) is 0 Å². The van der Waals surface area contributed by atoms with Gasteiger partial charge < -0.3 is 15.3 Å². The van der Waals surface area contributed by atoms with Crippen LogP contribution in [0, 0.1) is 0 Å². The highest BCUT2D eigenvalue weighted by Gasteiger charge is 2.38. The van der Waals surface area contributed by atoms with Gasteiger partial charge in [-0.2, -0.15) is 17.5 Å². The summed E-state index contributed by atoms with van der Waals surface area (Å²) in [6.07, 6.45) is -3.06. The number of benzene rings is 1. The van der Waals surface area contributed by atoms with E-state index in [4.69, 9.17) is 9.90 Å². The van der Waals surface area contributed by atoms with Crippen LogP contribution in [-0.2, 0) is 19.6 Å². The molecule has 2 N–H and O–H groups in total. The van der Waals surface area contributed by atoms with E-state index < -0.39 is 22.2 Å². The molecule has 1 unspecified atom stereocenters. The Balaban J connectivity index is 0.000000540. The number of piperazine rings is 1. The van der Waals surface area contributed by atoms with Gasteiger partial charge in [0, 0.05) is 43.2 Å². The van der Waals surface area contributed by atoms with E-state index in [2.05, 4.69) is 33.1 Å². The molecule has 0 aromatic heterocycles. The van der Waals surface area contributed by atoms with E-state index in [0.717, 1.165) is 43.5 Å². The highest BCUT2D eigenvalue weighted by Crippen LogP contribution is 2.23. The maximum Gasteiger partial charge on any atom is 0.490 e. The van der Waals surface area contributed by atoms with Crippen LogP contribution < -0.4 is 5.32 Å². The number of carbonyl (C=O) groups is 2. The number of aliphatic carboxylic acids is 1. The maximum absolute atomic E-state index is 13.4. The summed E-state index contributed by atoms with van der Waals surface area (Å²) in [5.41, 5.74) is 0. The molecule has 3 rings (SSSR count). The lowest BCUT2D eigenvalue weighted by molar-refractivity contribution is -0.192. The standard InChI is InChI=1S/C19H29BrN4O3S.C2HF3O2/c1-2-22-11-3-4-17(22)14-24(15-19(25)23-12-9-21-10-13-23)28(26,27)18-7-5-16(20)6-8-18;3-2(4,5)1(6)7/h5-8,17,21H,2-4,9-15H2,1H3;(H,6,7). The second kappa shape index (κ2) is 13.0. The third kappa shape index (κ3) is 8.70.